The number of aliphatic hydroxyl groups excluding tert-OH is 1. The van der Waals surface area contributed by atoms with Crippen LogP contribution in [0.25, 0.3) is 0 Å². The zero-order valence-corrected chi connectivity index (χ0v) is 24.1. The molecule has 2 aliphatic heterocycles. The minimum atomic E-state index is -2.35. The third kappa shape index (κ3) is 6.00. The molecule has 4 heterocycles. The van der Waals surface area contributed by atoms with E-state index in [9.17, 15) is 9.32 Å². The van der Waals surface area contributed by atoms with Crippen LogP contribution in [0, 0.1) is 6.92 Å². The molecule has 0 bridgehead atoms. The number of hydrogen-bond acceptors (Lipinski definition) is 10. The topological polar surface area (TPSA) is 110 Å². The monoisotopic (exact) mass is 550 g/mol. The number of pyridine rings is 1. The molecule has 0 unspecified atom stereocenters. The Morgan fingerprint density at radius 2 is 1.95 bits per heavy atom. The van der Waals surface area contributed by atoms with Gasteiger partial charge in [-0.05, 0) is 69.8 Å². The molecule has 1 fully saturated rings. The largest absolute Gasteiger partial charge is 0.396 e. The predicted octanol–water partition coefficient (Wildman–Crippen LogP) is 4.04. The van der Waals surface area contributed by atoms with Crippen molar-refractivity contribution in [2.24, 2.45) is 4.36 Å². The van der Waals surface area contributed by atoms with Gasteiger partial charge < -0.3 is 25.1 Å². The summed E-state index contributed by atoms with van der Waals surface area (Å²) in [4.78, 5) is 21.0. The van der Waals surface area contributed by atoms with Gasteiger partial charge in [0, 0.05) is 77.0 Å². The van der Waals surface area contributed by atoms with Crippen molar-refractivity contribution in [3.05, 3.63) is 53.7 Å². The third-order valence-corrected chi connectivity index (χ3v) is 8.03. The van der Waals surface area contributed by atoms with Crippen LogP contribution in [-0.4, -0.2) is 87.6 Å². The number of rotatable bonds is 6. The van der Waals surface area contributed by atoms with E-state index in [1.807, 2.05) is 24.0 Å². The molecule has 0 aliphatic carbocycles. The van der Waals surface area contributed by atoms with Gasteiger partial charge in [0.05, 0.1) is 6.61 Å². The summed E-state index contributed by atoms with van der Waals surface area (Å²) < 4.78 is 16.5. The normalized spacial score (nSPS) is 20.1. The number of aryl methyl sites for hydroxylation is 1. The highest BCUT2D eigenvalue weighted by Gasteiger charge is 2.38. The molecular formula is C28H38N8O2S. The van der Waals surface area contributed by atoms with Gasteiger partial charge in [0.15, 0.2) is 5.82 Å². The van der Waals surface area contributed by atoms with Crippen LogP contribution < -0.4 is 15.1 Å². The molecule has 2 aromatic heterocycles. The SMILES string of the molecule is Cc1cc(Nc2ncc3c(n2)N(c2cccc(N=S(C)(C)=O)n2)[C@H](C)[C@H]3CO)ccc1N1CCCN(C)CC1. The summed E-state index contributed by atoms with van der Waals surface area (Å²) in [5, 5.41) is 13.5. The minimum Gasteiger partial charge on any atom is -0.396 e. The number of anilines is 5. The van der Waals surface area contributed by atoms with Crippen LogP contribution in [0.15, 0.2) is 47.0 Å². The van der Waals surface area contributed by atoms with E-state index in [1.165, 1.54) is 11.3 Å². The lowest BCUT2D eigenvalue weighted by molar-refractivity contribution is 0.257. The van der Waals surface area contributed by atoms with Crippen molar-refractivity contribution in [2.75, 3.05) is 67.5 Å². The maximum absolute atomic E-state index is 12.2. The van der Waals surface area contributed by atoms with Gasteiger partial charge in [-0.3, -0.25) is 0 Å². The number of nitrogens with one attached hydrogen (secondary N) is 1. The fourth-order valence-electron chi connectivity index (χ4n) is 5.42. The molecule has 1 saturated heterocycles. The average molecular weight is 551 g/mol. The van der Waals surface area contributed by atoms with Crippen molar-refractivity contribution in [2.45, 2.75) is 32.2 Å². The summed E-state index contributed by atoms with van der Waals surface area (Å²) in [5.41, 5.74) is 4.25. The Morgan fingerprint density at radius 3 is 2.69 bits per heavy atom. The molecule has 3 aromatic rings. The Bertz CT molecular complexity index is 1460. The first-order valence-electron chi connectivity index (χ1n) is 13.4. The van der Waals surface area contributed by atoms with Crippen LogP contribution in [0.3, 0.4) is 0 Å². The van der Waals surface area contributed by atoms with E-state index in [-0.39, 0.29) is 18.6 Å². The number of likely N-dealkylation sites (N-methyl/N-ethyl adjacent to an activating group) is 1. The fraction of sp³-hybridized carbons (Fsp3) is 0.464. The van der Waals surface area contributed by atoms with Crippen molar-refractivity contribution in [1.29, 1.82) is 0 Å². The molecule has 39 heavy (non-hydrogen) atoms. The number of nitrogens with zero attached hydrogens (tertiary/aromatic N) is 7. The molecule has 0 radical (unpaired) electrons. The molecule has 1 aromatic carbocycles. The second-order valence-electron chi connectivity index (χ2n) is 10.8. The van der Waals surface area contributed by atoms with Gasteiger partial charge in [0.1, 0.15) is 11.6 Å². The van der Waals surface area contributed by atoms with E-state index in [4.69, 9.17) is 4.98 Å². The van der Waals surface area contributed by atoms with Crippen molar-refractivity contribution >= 4 is 44.5 Å². The Morgan fingerprint density at radius 1 is 1.13 bits per heavy atom. The second-order valence-corrected chi connectivity index (χ2v) is 13.3. The fourth-order valence-corrected chi connectivity index (χ4v) is 5.98. The quantitative estimate of drug-likeness (QED) is 0.470. The molecule has 2 atom stereocenters. The number of fused-ring (bicyclic) bond motifs is 1. The molecule has 11 heteroatoms. The number of aromatic nitrogens is 3. The highest BCUT2D eigenvalue weighted by atomic mass is 32.2. The highest BCUT2D eigenvalue weighted by Crippen LogP contribution is 2.43. The Balaban J connectivity index is 1.43. The average Bonchev–Trinajstić information content (AvgIpc) is 2.98. The van der Waals surface area contributed by atoms with Crippen molar-refractivity contribution in [3.8, 4) is 0 Å². The molecular weight excluding hydrogens is 512 g/mol. The summed E-state index contributed by atoms with van der Waals surface area (Å²) in [6.45, 7) is 8.42. The van der Waals surface area contributed by atoms with Gasteiger partial charge in [-0.25, -0.2) is 14.2 Å². The van der Waals surface area contributed by atoms with Crippen LogP contribution in [0.4, 0.5) is 34.8 Å². The smallest absolute Gasteiger partial charge is 0.229 e. The lowest BCUT2D eigenvalue weighted by Gasteiger charge is -2.25. The van der Waals surface area contributed by atoms with E-state index in [0.29, 0.717) is 23.4 Å². The van der Waals surface area contributed by atoms with Crippen LogP contribution in [0.2, 0.25) is 0 Å². The van der Waals surface area contributed by atoms with Gasteiger partial charge >= 0.3 is 0 Å². The molecule has 10 nitrogen and oxygen atoms in total. The maximum atomic E-state index is 12.2. The van der Waals surface area contributed by atoms with Crippen LogP contribution in [-0.2, 0) is 9.73 Å². The van der Waals surface area contributed by atoms with Crippen LogP contribution >= 0.6 is 0 Å². The van der Waals surface area contributed by atoms with Crippen molar-refractivity contribution in [1.82, 2.24) is 19.9 Å². The molecule has 5 rings (SSSR count). The van der Waals surface area contributed by atoms with E-state index in [0.717, 1.165) is 43.9 Å². The summed E-state index contributed by atoms with van der Waals surface area (Å²) in [6.07, 6.45) is 6.12. The van der Waals surface area contributed by atoms with E-state index in [2.05, 4.69) is 61.6 Å². The summed E-state index contributed by atoms with van der Waals surface area (Å²) >= 11 is 0. The molecule has 0 spiro atoms. The first-order valence-corrected chi connectivity index (χ1v) is 15.7. The van der Waals surface area contributed by atoms with Crippen molar-refractivity contribution in [3.63, 3.8) is 0 Å². The number of aliphatic hydroxyl groups is 1. The molecule has 2 aliphatic rings. The van der Waals surface area contributed by atoms with E-state index < -0.39 is 9.73 Å². The number of hydrogen-bond donors (Lipinski definition) is 2. The Hall–Kier alpha value is -3.28. The van der Waals surface area contributed by atoms with Crippen LogP contribution in [0.1, 0.15) is 30.4 Å². The maximum Gasteiger partial charge on any atom is 0.229 e. The highest BCUT2D eigenvalue weighted by molar-refractivity contribution is 7.92. The summed E-state index contributed by atoms with van der Waals surface area (Å²) in [5.74, 6) is 2.05. The van der Waals surface area contributed by atoms with Gasteiger partial charge in [-0.1, -0.05) is 6.07 Å². The van der Waals surface area contributed by atoms with Crippen molar-refractivity contribution < 1.29 is 9.32 Å². The lowest BCUT2D eigenvalue weighted by atomic mass is 9.99. The zero-order chi connectivity index (χ0) is 27.7. The zero-order valence-electron chi connectivity index (χ0n) is 23.3. The molecule has 0 amide bonds. The molecule has 0 saturated carbocycles. The molecule has 208 valence electrons. The van der Waals surface area contributed by atoms with Gasteiger partial charge in [0.2, 0.25) is 5.95 Å². The van der Waals surface area contributed by atoms with E-state index >= 15 is 0 Å². The van der Waals surface area contributed by atoms with Gasteiger partial charge in [-0.15, -0.1) is 0 Å². The minimum absolute atomic E-state index is 0.0322. The first-order chi connectivity index (χ1) is 18.6. The Labute approximate surface area is 231 Å². The second kappa shape index (κ2) is 11.1. The number of benzene rings is 1. The summed E-state index contributed by atoms with van der Waals surface area (Å²) in [7, 11) is -0.172. The predicted molar refractivity (Wildman–Crippen MR) is 159 cm³/mol. The first kappa shape index (κ1) is 27.3. The lowest BCUT2D eigenvalue weighted by Crippen LogP contribution is -2.29. The summed E-state index contributed by atoms with van der Waals surface area (Å²) in [6, 6.07) is 11.7. The van der Waals surface area contributed by atoms with Crippen LogP contribution in [0.5, 0.6) is 0 Å². The standard InChI is InChI=1S/C28H38N8O2S/c1-19-16-21(10-11-24(19)35-13-7-12-34(3)14-15-35)30-28-29-17-22-23(18-37)20(2)36(27(22)32-28)26-9-6-8-25(31-26)33-39(4,5)38/h6,8-11,16-17,20,23,37H,7,12-15,18H2,1-5H3,(H,29,30,32)/t20-,23-/m1/s1. The van der Waals surface area contributed by atoms with Gasteiger partial charge in [-0.2, -0.15) is 9.35 Å². The van der Waals surface area contributed by atoms with Gasteiger partial charge in [0.25, 0.3) is 0 Å². The third-order valence-electron chi connectivity index (χ3n) is 7.40. The van der Waals surface area contributed by atoms with E-state index in [1.54, 1.807) is 24.8 Å². The molecule has 2 N–H and O–H groups in total. The Kier molecular flexibility index (Phi) is 7.75.